The fourth-order valence-corrected chi connectivity index (χ4v) is 2.13. The van der Waals surface area contributed by atoms with E-state index in [-0.39, 0.29) is 0 Å². The molecule has 2 aromatic heterocycles. The van der Waals surface area contributed by atoms with E-state index < -0.39 is 0 Å². The van der Waals surface area contributed by atoms with Crippen LogP contribution in [-0.2, 0) is 6.42 Å². The first-order valence-electron chi connectivity index (χ1n) is 6.14. The van der Waals surface area contributed by atoms with Crippen molar-refractivity contribution in [3.8, 4) is 5.69 Å². The first kappa shape index (κ1) is 11.6. The van der Waals surface area contributed by atoms with Gasteiger partial charge in [-0.1, -0.05) is 19.1 Å². The highest BCUT2D eigenvalue weighted by Gasteiger charge is 2.10. The Balaban J connectivity index is 2.25. The molecule has 3 aromatic rings. The predicted molar refractivity (Wildman–Crippen MR) is 71.0 cm³/mol. The van der Waals surface area contributed by atoms with E-state index in [1.165, 1.54) is 5.56 Å². The fourth-order valence-electron chi connectivity index (χ4n) is 2.13. The van der Waals surface area contributed by atoms with Crippen molar-refractivity contribution in [3.05, 3.63) is 41.1 Å². The van der Waals surface area contributed by atoms with Crippen molar-refractivity contribution in [2.24, 2.45) is 0 Å². The number of aromatic amines is 1. The van der Waals surface area contributed by atoms with Crippen molar-refractivity contribution in [1.29, 1.82) is 5.41 Å². The van der Waals surface area contributed by atoms with Crippen LogP contribution < -0.4 is 5.49 Å². The first-order chi connectivity index (χ1) is 9.20. The molecular weight excluding hydrogens is 240 g/mol. The van der Waals surface area contributed by atoms with Gasteiger partial charge in [-0.05, 0) is 31.0 Å². The Labute approximate surface area is 109 Å². The van der Waals surface area contributed by atoms with Crippen LogP contribution in [-0.4, -0.2) is 25.0 Å². The number of nitrogens with one attached hydrogen (secondary N) is 2. The molecule has 0 spiro atoms. The van der Waals surface area contributed by atoms with Gasteiger partial charge in [0.25, 0.3) is 0 Å². The molecule has 3 rings (SSSR count). The van der Waals surface area contributed by atoms with Crippen molar-refractivity contribution in [1.82, 2.24) is 25.0 Å². The van der Waals surface area contributed by atoms with Crippen LogP contribution >= 0.6 is 0 Å². The predicted octanol–water partition coefficient (Wildman–Crippen LogP) is 1.49. The lowest BCUT2D eigenvalue weighted by Gasteiger charge is -2.10. The van der Waals surface area contributed by atoms with E-state index in [1.54, 1.807) is 4.57 Å². The maximum Gasteiger partial charge on any atom is 0.207 e. The molecule has 0 atom stereocenters. The molecule has 0 fully saturated rings. The molecule has 96 valence electrons. The second kappa shape index (κ2) is 4.31. The van der Waals surface area contributed by atoms with Gasteiger partial charge in [-0.2, -0.15) is 10.3 Å². The Morgan fingerprint density at radius 1 is 1.21 bits per heavy atom. The average Bonchev–Trinajstić information content (AvgIpc) is 2.88. The minimum absolute atomic E-state index is 0.292. The number of hydrogen-bond donors (Lipinski definition) is 2. The Morgan fingerprint density at radius 3 is 2.63 bits per heavy atom. The zero-order valence-corrected chi connectivity index (χ0v) is 10.8. The third-order valence-corrected chi connectivity index (χ3v) is 3.17. The van der Waals surface area contributed by atoms with Crippen LogP contribution in [0, 0.1) is 12.3 Å². The highest BCUT2D eigenvalue weighted by atomic mass is 15.3. The summed E-state index contributed by atoms with van der Waals surface area (Å²) in [7, 11) is 0. The summed E-state index contributed by atoms with van der Waals surface area (Å²) >= 11 is 0. The van der Waals surface area contributed by atoms with Crippen molar-refractivity contribution in [2.75, 3.05) is 0 Å². The summed E-state index contributed by atoms with van der Waals surface area (Å²) in [6.45, 7) is 3.98. The van der Waals surface area contributed by atoms with E-state index in [0.29, 0.717) is 16.7 Å². The minimum atomic E-state index is 0.292. The number of benzene rings is 1. The lowest BCUT2D eigenvalue weighted by Crippen LogP contribution is -2.22. The second-order valence-electron chi connectivity index (χ2n) is 4.36. The molecule has 0 bridgehead atoms. The molecule has 0 amide bonds. The standard InChI is InChI=1S/C13H14N6/c1-3-9-4-6-10(7-5-9)19-8(2)15-13-11(12(19)14)16-18-17-13/h4-7,14H,3H2,1-2H3,(H,16,17,18). The summed E-state index contributed by atoms with van der Waals surface area (Å²) in [5.41, 5.74) is 3.43. The molecule has 0 unspecified atom stereocenters. The molecular formula is C13H14N6. The van der Waals surface area contributed by atoms with Gasteiger partial charge < -0.3 is 0 Å². The largest absolute Gasteiger partial charge is 0.282 e. The molecule has 2 N–H and O–H groups in total. The number of aryl methyl sites for hydroxylation is 2. The van der Waals surface area contributed by atoms with Crippen molar-refractivity contribution < 1.29 is 0 Å². The molecule has 0 aliphatic heterocycles. The first-order valence-corrected chi connectivity index (χ1v) is 6.14. The summed E-state index contributed by atoms with van der Waals surface area (Å²) < 4.78 is 1.77. The van der Waals surface area contributed by atoms with E-state index in [2.05, 4.69) is 39.5 Å². The molecule has 0 aliphatic carbocycles. The summed E-state index contributed by atoms with van der Waals surface area (Å²) in [5.74, 6) is 0.718. The summed E-state index contributed by atoms with van der Waals surface area (Å²) in [6, 6.07) is 8.12. The highest BCUT2D eigenvalue weighted by Crippen LogP contribution is 2.11. The monoisotopic (exact) mass is 254 g/mol. The average molecular weight is 254 g/mol. The van der Waals surface area contributed by atoms with Gasteiger partial charge >= 0.3 is 0 Å². The van der Waals surface area contributed by atoms with Crippen LogP contribution in [0.2, 0.25) is 0 Å². The quantitative estimate of drug-likeness (QED) is 0.726. The van der Waals surface area contributed by atoms with Crippen molar-refractivity contribution in [3.63, 3.8) is 0 Å². The van der Waals surface area contributed by atoms with Gasteiger partial charge in [0.1, 0.15) is 5.82 Å². The molecule has 0 saturated carbocycles. The lowest BCUT2D eigenvalue weighted by molar-refractivity contribution is 0.851. The zero-order valence-electron chi connectivity index (χ0n) is 10.8. The third-order valence-electron chi connectivity index (χ3n) is 3.17. The van der Waals surface area contributed by atoms with E-state index in [0.717, 1.165) is 17.9 Å². The maximum absolute atomic E-state index is 8.23. The van der Waals surface area contributed by atoms with Crippen molar-refractivity contribution in [2.45, 2.75) is 20.3 Å². The SMILES string of the molecule is CCc1ccc(-n2c(C)nc3n[nH]nc3c2=N)cc1. The molecule has 2 heterocycles. The van der Waals surface area contributed by atoms with Gasteiger partial charge in [-0.25, -0.2) is 4.98 Å². The van der Waals surface area contributed by atoms with Gasteiger partial charge in [-0.3, -0.25) is 9.98 Å². The van der Waals surface area contributed by atoms with E-state index in [9.17, 15) is 0 Å². The Bertz CT molecular complexity index is 781. The maximum atomic E-state index is 8.23. The molecule has 6 heteroatoms. The lowest BCUT2D eigenvalue weighted by atomic mass is 10.1. The zero-order chi connectivity index (χ0) is 13.4. The number of nitrogens with zero attached hydrogens (tertiary/aromatic N) is 4. The van der Waals surface area contributed by atoms with Crippen molar-refractivity contribution >= 4 is 11.2 Å². The van der Waals surface area contributed by atoms with Gasteiger partial charge in [0.05, 0.1) is 0 Å². The van der Waals surface area contributed by atoms with Gasteiger partial charge in [0, 0.05) is 5.69 Å². The second-order valence-corrected chi connectivity index (χ2v) is 4.36. The number of rotatable bonds is 2. The molecule has 0 radical (unpaired) electrons. The molecule has 0 aliphatic rings. The summed E-state index contributed by atoms with van der Waals surface area (Å²) in [4.78, 5) is 4.35. The topological polar surface area (TPSA) is 83.2 Å². The Kier molecular flexibility index (Phi) is 2.63. The minimum Gasteiger partial charge on any atom is -0.282 e. The highest BCUT2D eigenvalue weighted by molar-refractivity contribution is 5.67. The van der Waals surface area contributed by atoms with Crippen LogP contribution in [0.15, 0.2) is 24.3 Å². The molecule has 1 aromatic carbocycles. The van der Waals surface area contributed by atoms with E-state index in [4.69, 9.17) is 5.41 Å². The van der Waals surface area contributed by atoms with Crippen LogP contribution in [0.3, 0.4) is 0 Å². The Hall–Kier alpha value is -2.50. The van der Waals surface area contributed by atoms with Gasteiger partial charge in [0.15, 0.2) is 11.0 Å². The number of H-pyrrole nitrogens is 1. The number of fused-ring (bicyclic) bond motifs is 1. The molecule has 19 heavy (non-hydrogen) atoms. The summed E-state index contributed by atoms with van der Waals surface area (Å²) in [5, 5.41) is 18.6. The van der Waals surface area contributed by atoms with Crippen LogP contribution in [0.5, 0.6) is 0 Å². The third kappa shape index (κ3) is 1.81. The Morgan fingerprint density at radius 2 is 1.95 bits per heavy atom. The van der Waals surface area contributed by atoms with Crippen LogP contribution in [0.1, 0.15) is 18.3 Å². The smallest absolute Gasteiger partial charge is 0.207 e. The molecule has 6 nitrogen and oxygen atoms in total. The van der Waals surface area contributed by atoms with E-state index in [1.807, 2.05) is 19.1 Å². The number of aromatic nitrogens is 5. The van der Waals surface area contributed by atoms with Crippen LogP contribution in [0.4, 0.5) is 0 Å². The fraction of sp³-hybridized carbons (Fsp3) is 0.231. The van der Waals surface area contributed by atoms with Gasteiger partial charge in [0.2, 0.25) is 5.65 Å². The molecule has 0 saturated heterocycles. The van der Waals surface area contributed by atoms with Crippen LogP contribution in [0.25, 0.3) is 16.9 Å². The normalized spacial score (nSPS) is 11.1. The van der Waals surface area contributed by atoms with Gasteiger partial charge in [-0.15, -0.1) is 5.10 Å². The number of hydrogen-bond acceptors (Lipinski definition) is 4. The van der Waals surface area contributed by atoms with E-state index >= 15 is 0 Å². The summed E-state index contributed by atoms with van der Waals surface area (Å²) in [6.07, 6.45) is 0.998.